The molecule has 0 spiro atoms. The molecule has 0 atom stereocenters. The molecule has 0 unspecified atom stereocenters. The first kappa shape index (κ1) is 13.7. The van der Waals surface area contributed by atoms with E-state index in [-0.39, 0.29) is 22.4 Å². The summed E-state index contributed by atoms with van der Waals surface area (Å²) >= 11 is 0. The summed E-state index contributed by atoms with van der Waals surface area (Å²) in [7, 11) is 0. The molecular formula is C13H12N2O5. The number of carbonyl (C=O) groups is 2. The summed E-state index contributed by atoms with van der Waals surface area (Å²) in [5.41, 5.74) is -0.310. The summed E-state index contributed by atoms with van der Waals surface area (Å²) in [6, 6.07) is 6.09. The van der Waals surface area contributed by atoms with Crippen LogP contribution in [0.2, 0.25) is 0 Å². The number of para-hydroxylation sites is 2. The SMILES string of the molecule is CC(=O)OCc1c(C(C)=O)[n+]([O-])c2ccccc2[n+]1[O-]. The fourth-order valence-corrected chi connectivity index (χ4v) is 1.93. The zero-order valence-corrected chi connectivity index (χ0v) is 11.0. The Labute approximate surface area is 114 Å². The highest BCUT2D eigenvalue weighted by Gasteiger charge is 2.31. The van der Waals surface area contributed by atoms with Gasteiger partial charge in [0.05, 0.1) is 0 Å². The number of ketones is 1. The molecule has 0 fully saturated rings. The van der Waals surface area contributed by atoms with E-state index in [2.05, 4.69) is 0 Å². The van der Waals surface area contributed by atoms with Crippen molar-refractivity contribution in [1.29, 1.82) is 0 Å². The van der Waals surface area contributed by atoms with Gasteiger partial charge in [0.1, 0.15) is 0 Å². The Morgan fingerprint density at radius 1 is 1.10 bits per heavy atom. The highest BCUT2D eigenvalue weighted by atomic mass is 16.5. The van der Waals surface area contributed by atoms with Crippen molar-refractivity contribution < 1.29 is 23.8 Å². The van der Waals surface area contributed by atoms with Crippen molar-refractivity contribution in [3.63, 3.8) is 0 Å². The molecule has 1 aromatic heterocycles. The minimum absolute atomic E-state index is 0.0827. The first-order valence-electron chi connectivity index (χ1n) is 5.84. The number of benzene rings is 1. The van der Waals surface area contributed by atoms with Gasteiger partial charge < -0.3 is 15.2 Å². The number of rotatable bonds is 3. The Bertz CT molecular complexity index is 711. The predicted octanol–water partition coefficient (Wildman–Crippen LogP) is 0.372. The van der Waals surface area contributed by atoms with Crippen LogP contribution >= 0.6 is 0 Å². The number of fused-ring (bicyclic) bond motifs is 1. The van der Waals surface area contributed by atoms with Crippen molar-refractivity contribution in [1.82, 2.24) is 0 Å². The Balaban J connectivity index is 2.75. The molecule has 0 N–H and O–H groups in total. The minimum Gasteiger partial charge on any atom is -0.618 e. The van der Waals surface area contributed by atoms with E-state index in [0.29, 0.717) is 9.46 Å². The number of esters is 1. The lowest BCUT2D eigenvalue weighted by Crippen LogP contribution is -2.47. The molecule has 0 bridgehead atoms. The fraction of sp³-hybridized carbons (Fsp3) is 0.231. The second-order valence-corrected chi connectivity index (χ2v) is 4.21. The van der Waals surface area contributed by atoms with Crippen LogP contribution in [-0.4, -0.2) is 11.8 Å². The quantitative estimate of drug-likeness (QED) is 0.349. The summed E-state index contributed by atoms with van der Waals surface area (Å²) in [6.07, 6.45) is 0. The van der Waals surface area contributed by atoms with Crippen molar-refractivity contribution in [3.8, 4) is 0 Å². The number of Topliss-reactive ketones (excluding diaryl/α,β-unsaturated/α-hetero) is 1. The van der Waals surface area contributed by atoms with Crippen LogP contribution in [0.3, 0.4) is 0 Å². The summed E-state index contributed by atoms with van der Waals surface area (Å²) in [5, 5.41) is 24.4. The van der Waals surface area contributed by atoms with Gasteiger partial charge in [-0.2, -0.15) is 9.46 Å². The molecule has 2 rings (SSSR count). The van der Waals surface area contributed by atoms with E-state index >= 15 is 0 Å². The summed E-state index contributed by atoms with van der Waals surface area (Å²) < 4.78 is 5.58. The Hall–Kier alpha value is -2.70. The third-order valence-electron chi connectivity index (χ3n) is 2.79. The third kappa shape index (κ3) is 2.25. The van der Waals surface area contributed by atoms with Crippen LogP contribution in [0.5, 0.6) is 0 Å². The van der Waals surface area contributed by atoms with E-state index in [1.807, 2.05) is 0 Å². The van der Waals surface area contributed by atoms with Crippen LogP contribution in [-0.2, 0) is 16.1 Å². The molecule has 0 amide bonds. The average Bonchev–Trinajstić information content (AvgIpc) is 2.40. The van der Waals surface area contributed by atoms with Crippen molar-refractivity contribution in [2.75, 3.05) is 0 Å². The lowest BCUT2D eigenvalue weighted by atomic mass is 10.2. The molecule has 104 valence electrons. The van der Waals surface area contributed by atoms with E-state index < -0.39 is 18.4 Å². The van der Waals surface area contributed by atoms with E-state index in [0.717, 1.165) is 0 Å². The Morgan fingerprint density at radius 3 is 2.15 bits per heavy atom. The molecule has 7 nitrogen and oxygen atoms in total. The monoisotopic (exact) mass is 276 g/mol. The minimum atomic E-state index is -0.606. The summed E-state index contributed by atoms with van der Waals surface area (Å²) in [6.45, 7) is 1.92. The average molecular weight is 276 g/mol. The van der Waals surface area contributed by atoms with Gasteiger partial charge in [-0.1, -0.05) is 12.1 Å². The lowest BCUT2D eigenvalue weighted by Gasteiger charge is -2.11. The normalized spacial score (nSPS) is 10.5. The number of aromatic nitrogens is 2. The van der Waals surface area contributed by atoms with Crippen molar-refractivity contribution in [2.45, 2.75) is 20.5 Å². The molecular weight excluding hydrogens is 264 g/mol. The van der Waals surface area contributed by atoms with Crippen LogP contribution < -0.4 is 9.46 Å². The highest BCUT2D eigenvalue weighted by molar-refractivity contribution is 5.92. The van der Waals surface area contributed by atoms with Crippen molar-refractivity contribution >= 4 is 22.8 Å². The molecule has 2 aromatic rings. The maximum atomic E-state index is 12.2. The largest absolute Gasteiger partial charge is 0.618 e. The smallest absolute Gasteiger partial charge is 0.332 e. The molecule has 0 aliphatic rings. The lowest BCUT2D eigenvalue weighted by molar-refractivity contribution is -0.637. The Kier molecular flexibility index (Phi) is 3.51. The van der Waals surface area contributed by atoms with E-state index in [4.69, 9.17) is 4.74 Å². The first-order chi connectivity index (χ1) is 9.43. The van der Waals surface area contributed by atoms with E-state index in [1.54, 1.807) is 12.1 Å². The third-order valence-corrected chi connectivity index (χ3v) is 2.79. The number of carbonyl (C=O) groups excluding carboxylic acids is 2. The standard InChI is InChI=1S/C13H12N2O5/c1-8(16)13-12(7-20-9(2)17)14(18)10-5-3-4-6-11(10)15(13)19/h3-6H,7H2,1-2H3. The first-order valence-corrected chi connectivity index (χ1v) is 5.84. The number of hydrogen-bond acceptors (Lipinski definition) is 5. The molecule has 20 heavy (non-hydrogen) atoms. The second-order valence-electron chi connectivity index (χ2n) is 4.21. The number of nitrogens with zero attached hydrogens (tertiary/aromatic N) is 2. The molecule has 0 aliphatic heterocycles. The van der Waals surface area contributed by atoms with Gasteiger partial charge in [0.25, 0.3) is 11.0 Å². The second kappa shape index (κ2) is 5.12. The molecule has 0 saturated heterocycles. The van der Waals surface area contributed by atoms with Crippen LogP contribution in [0.25, 0.3) is 11.0 Å². The number of ether oxygens (including phenoxy) is 1. The summed E-state index contributed by atoms with van der Waals surface area (Å²) in [5.74, 6) is -1.18. The van der Waals surface area contributed by atoms with E-state index in [1.165, 1.54) is 26.0 Å². The zero-order valence-electron chi connectivity index (χ0n) is 11.0. The number of hydrogen-bond donors (Lipinski definition) is 0. The van der Waals surface area contributed by atoms with Gasteiger partial charge in [-0.25, -0.2) is 0 Å². The van der Waals surface area contributed by atoms with Gasteiger partial charge >= 0.3 is 17.4 Å². The van der Waals surface area contributed by atoms with Crippen LogP contribution in [0.1, 0.15) is 30.0 Å². The van der Waals surface area contributed by atoms with Crippen molar-refractivity contribution in [3.05, 3.63) is 46.1 Å². The van der Waals surface area contributed by atoms with Crippen LogP contribution in [0.4, 0.5) is 0 Å². The fourth-order valence-electron chi connectivity index (χ4n) is 1.93. The molecule has 0 radical (unpaired) electrons. The molecule has 1 heterocycles. The van der Waals surface area contributed by atoms with Crippen molar-refractivity contribution in [2.24, 2.45) is 0 Å². The van der Waals surface area contributed by atoms with Gasteiger partial charge in [-0.15, -0.1) is 0 Å². The van der Waals surface area contributed by atoms with Gasteiger partial charge in [0, 0.05) is 26.0 Å². The van der Waals surface area contributed by atoms with Crippen LogP contribution in [0.15, 0.2) is 24.3 Å². The van der Waals surface area contributed by atoms with Crippen LogP contribution in [0, 0.1) is 10.4 Å². The van der Waals surface area contributed by atoms with Gasteiger partial charge in [0.15, 0.2) is 6.61 Å². The highest BCUT2D eigenvalue weighted by Crippen LogP contribution is 2.11. The van der Waals surface area contributed by atoms with E-state index in [9.17, 15) is 20.0 Å². The zero-order chi connectivity index (χ0) is 14.9. The van der Waals surface area contributed by atoms with Gasteiger partial charge in [0.2, 0.25) is 5.78 Å². The molecule has 1 aromatic carbocycles. The molecule has 7 heteroatoms. The maximum absolute atomic E-state index is 12.2. The summed E-state index contributed by atoms with van der Waals surface area (Å²) in [4.78, 5) is 22.5. The predicted molar refractivity (Wildman–Crippen MR) is 67.3 cm³/mol. The Morgan fingerprint density at radius 2 is 1.65 bits per heavy atom. The topological polar surface area (TPSA) is 97.2 Å². The van der Waals surface area contributed by atoms with Gasteiger partial charge in [-0.3, -0.25) is 9.59 Å². The molecule has 0 saturated carbocycles. The van der Waals surface area contributed by atoms with Gasteiger partial charge in [-0.05, 0) is 0 Å². The molecule has 0 aliphatic carbocycles. The maximum Gasteiger partial charge on any atom is 0.332 e.